The van der Waals surface area contributed by atoms with Gasteiger partial charge in [0.2, 0.25) is 11.9 Å². The topological polar surface area (TPSA) is 136 Å². The highest BCUT2D eigenvalue weighted by molar-refractivity contribution is 6.01. The molecule has 23 heavy (non-hydrogen) atoms. The average molecular weight is 303 g/mol. The minimum absolute atomic E-state index is 0.0200. The first-order chi connectivity index (χ1) is 11.1. The van der Waals surface area contributed by atoms with Crippen LogP contribution in [-0.4, -0.2) is 11.9 Å². The van der Waals surface area contributed by atoms with Crippen LogP contribution in [0.2, 0.25) is 0 Å². The van der Waals surface area contributed by atoms with Crippen LogP contribution in [0.25, 0.3) is 0 Å². The summed E-state index contributed by atoms with van der Waals surface area (Å²) in [6, 6.07) is 17.3. The van der Waals surface area contributed by atoms with Gasteiger partial charge in [0.1, 0.15) is 0 Å². The van der Waals surface area contributed by atoms with E-state index in [0.717, 1.165) is 0 Å². The van der Waals surface area contributed by atoms with E-state index in [4.69, 9.17) is 22.0 Å². The lowest BCUT2D eigenvalue weighted by atomic mass is 10.2. The molecule has 7 heteroatoms. The van der Waals surface area contributed by atoms with Crippen LogP contribution in [0.15, 0.2) is 58.5 Å². The van der Waals surface area contributed by atoms with Gasteiger partial charge in [0, 0.05) is 5.69 Å². The molecule has 0 radical (unpaired) electrons. The quantitative estimate of drug-likeness (QED) is 0.574. The number of anilines is 1. The van der Waals surface area contributed by atoms with Crippen molar-refractivity contribution >= 4 is 23.3 Å². The molecule has 112 valence electrons. The summed E-state index contributed by atoms with van der Waals surface area (Å²) in [4.78, 5) is 8.01. The summed E-state index contributed by atoms with van der Waals surface area (Å²) < 4.78 is 0. The lowest BCUT2D eigenvalue weighted by Crippen LogP contribution is -2.26. The second-order valence-corrected chi connectivity index (χ2v) is 4.44. The third-order valence-corrected chi connectivity index (χ3v) is 2.76. The lowest BCUT2D eigenvalue weighted by molar-refractivity contribution is 1.38. The molecule has 0 spiro atoms. The van der Waals surface area contributed by atoms with Crippen molar-refractivity contribution in [3.05, 3.63) is 59.7 Å². The third kappa shape index (κ3) is 4.59. The second-order valence-electron chi connectivity index (χ2n) is 4.44. The number of nitriles is 2. The van der Waals surface area contributed by atoms with Crippen molar-refractivity contribution in [2.24, 2.45) is 21.5 Å². The molecule has 0 atom stereocenters. The van der Waals surface area contributed by atoms with E-state index in [-0.39, 0.29) is 11.9 Å². The predicted molar refractivity (Wildman–Crippen MR) is 88.8 cm³/mol. The Bertz CT molecular complexity index is 819. The fraction of sp³-hybridized carbons (Fsp3) is 0. The zero-order valence-corrected chi connectivity index (χ0v) is 12.1. The molecule has 2 aromatic rings. The van der Waals surface area contributed by atoms with Crippen LogP contribution in [0.1, 0.15) is 11.1 Å². The summed E-state index contributed by atoms with van der Waals surface area (Å²) >= 11 is 0. The molecule has 0 fully saturated rings. The minimum atomic E-state index is -0.0200. The van der Waals surface area contributed by atoms with Gasteiger partial charge in [0.15, 0.2) is 0 Å². The Balaban J connectivity index is 2.07. The standard InChI is InChI=1S/C16H13N7/c17-9-11-1-5-13(6-2-11)21-15(19)23-16(20)22-14-7-3-12(10-18)4-8-14/h1-8H,(H5,19,20,21,22,23). The maximum atomic E-state index is 8.73. The van der Waals surface area contributed by atoms with Crippen molar-refractivity contribution < 1.29 is 0 Å². The number of hydrogen-bond donors (Lipinski definition) is 3. The van der Waals surface area contributed by atoms with Gasteiger partial charge in [-0.05, 0) is 48.5 Å². The number of benzene rings is 2. The van der Waals surface area contributed by atoms with Gasteiger partial charge in [-0.1, -0.05) is 0 Å². The molecule has 2 rings (SSSR count). The Kier molecular flexibility index (Phi) is 4.90. The largest absolute Gasteiger partial charge is 0.369 e. The molecular weight excluding hydrogens is 290 g/mol. The van der Waals surface area contributed by atoms with Gasteiger partial charge in [0.25, 0.3) is 0 Å². The molecule has 0 amide bonds. The summed E-state index contributed by atoms with van der Waals surface area (Å²) in [5, 5.41) is 20.3. The summed E-state index contributed by atoms with van der Waals surface area (Å²) in [5.41, 5.74) is 13.8. The van der Waals surface area contributed by atoms with E-state index in [0.29, 0.717) is 22.5 Å². The average Bonchev–Trinajstić information content (AvgIpc) is 2.56. The summed E-state index contributed by atoms with van der Waals surface area (Å²) in [5.74, 6) is 0.0537. The smallest absolute Gasteiger partial charge is 0.223 e. The van der Waals surface area contributed by atoms with E-state index < -0.39 is 0 Å². The molecule has 0 aromatic heterocycles. The van der Waals surface area contributed by atoms with E-state index in [1.807, 2.05) is 12.1 Å². The van der Waals surface area contributed by atoms with Crippen LogP contribution in [0.5, 0.6) is 0 Å². The minimum Gasteiger partial charge on any atom is -0.369 e. The van der Waals surface area contributed by atoms with Crippen molar-refractivity contribution in [1.82, 2.24) is 0 Å². The first-order valence-electron chi connectivity index (χ1n) is 6.56. The fourth-order valence-electron chi connectivity index (χ4n) is 1.70. The van der Waals surface area contributed by atoms with Crippen molar-refractivity contribution in [2.75, 3.05) is 5.32 Å². The van der Waals surface area contributed by atoms with Crippen LogP contribution in [0.4, 0.5) is 11.4 Å². The summed E-state index contributed by atoms with van der Waals surface area (Å²) in [7, 11) is 0. The van der Waals surface area contributed by atoms with E-state index in [1.54, 1.807) is 48.5 Å². The van der Waals surface area contributed by atoms with Crippen LogP contribution in [0, 0.1) is 22.7 Å². The number of rotatable bonds is 2. The predicted octanol–water partition coefficient (Wildman–Crippen LogP) is 1.80. The number of hydrogen-bond acceptors (Lipinski definition) is 3. The van der Waals surface area contributed by atoms with Crippen molar-refractivity contribution in [1.29, 1.82) is 10.5 Å². The van der Waals surface area contributed by atoms with E-state index in [1.165, 1.54) is 0 Å². The van der Waals surface area contributed by atoms with Crippen LogP contribution >= 0.6 is 0 Å². The molecule has 0 saturated heterocycles. The number of nitrogens with two attached hydrogens (primary N) is 2. The Morgan fingerprint density at radius 2 is 1.39 bits per heavy atom. The Morgan fingerprint density at radius 1 is 0.870 bits per heavy atom. The zero-order valence-electron chi connectivity index (χ0n) is 12.1. The van der Waals surface area contributed by atoms with Crippen molar-refractivity contribution in [2.45, 2.75) is 0 Å². The van der Waals surface area contributed by atoms with Gasteiger partial charge >= 0.3 is 0 Å². The molecule has 0 unspecified atom stereocenters. The Hall–Kier alpha value is -3.84. The molecule has 0 aliphatic rings. The molecule has 7 nitrogen and oxygen atoms in total. The Morgan fingerprint density at radius 3 is 1.91 bits per heavy atom. The first kappa shape index (κ1) is 15.5. The second kappa shape index (κ2) is 7.25. The maximum Gasteiger partial charge on any atom is 0.223 e. The van der Waals surface area contributed by atoms with Gasteiger partial charge < -0.3 is 16.8 Å². The number of nitrogens with one attached hydrogen (secondary N) is 1. The summed E-state index contributed by atoms with van der Waals surface area (Å²) in [6.45, 7) is 0. The van der Waals surface area contributed by atoms with E-state index in [2.05, 4.69) is 15.3 Å². The van der Waals surface area contributed by atoms with Gasteiger partial charge in [0.05, 0.1) is 29.0 Å². The van der Waals surface area contributed by atoms with Crippen LogP contribution in [0.3, 0.4) is 0 Å². The van der Waals surface area contributed by atoms with Gasteiger partial charge in [-0.15, -0.1) is 0 Å². The normalized spacial score (nSPS) is 11.4. The third-order valence-electron chi connectivity index (χ3n) is 2.76. The van der Waals surface area contributed by atoms with Crippen molar-refractivity contribution in [3.63, 3.8) is 0 Å². The van der Waals surface area contributed by atoms with Crippen LogP contribution < -0.4 is 16.8 Å². The van der Waals surface area contributed by atoms with E-state index in [9.17, 15) is 0 Å². The number of guanidine groups is 2. The van der Waals surface area contributed by atoms with Gasteiger partial charge in [-0.2, -0.15) is 15.5 Å². The SMILES string of the molecule is N#Cc1ccc(N=C(N)/N=C(\N)Nc2ccc(C#N)cc2)cc1. The molecule has 2 aromatic carbocycles. The maximum absolute atomic E-state index is 8.73. The van der Waals surface area contributed by atoms with Crippen LogP contribution in [-0.2, 0) is 0 Å². The number of aliphatic imine (C=N–C) groups is 2. The Labute approximate surface area is 133 Å². The monoisotopic (exact) mass is 303 g/mol. The highest BCUT2D eigenvalue weighted by atomic mass is 15.2. The lowest BCUT2D eigenvalue weighted by Gasteiger charge is -2.05. The molecule has 0 bridgehead atoms. The molecule has 0 heterocycles. The first-order valence-corrected chi connectivity index (χ1v) is 6.56. The molecular formula is C16H13N7. The number of nitrogens with zero attached hydrogens (tertiary/aromatic N) is 4. The molecule has 0 saturated carbocycles. The highest BCUT2D eigenvalue weighted by Gasteiger charge is 1.98. The molecule has 0 aliphatic heterocycles. The summed E-state index contributed by atoms with van der Waals surface area (Å²) in [6.07, 6.45) is 0. The van der Waals surface area contributed by atoms with Gasteiger partial charge in [-0.25, -0.2) is 4.99 Å². The zero-order chi connectivity index (χ0) is 16.7. The highest BCUT2D eigenvalue weighted by Crippen LogP contribution is 2.12. The fourth-order valence-corrected chi connectivity index (χ4v) is 1.70. The molecule has 5 N–H and O–H groups in total. The van der Waals surface area contributed by atoms with Gasteiger partial charge in [-0.3, -0.25) is 0 Å². The van der Waals surface area contributed by atoms with Crippen molar-refractivity contribution in [3.8, 4) is 12.1 Å². The van der Waals surface area contributed by atoms with E-state index >= 15 is 0 Å². The molecule has 0 aliphatic carbocycles.